The number of anilines is 1. The number of aliphatic hydroxyl groups excluding tert-OH is 1. The molecule has 2 N–H and O–H groups in total. The second-order valence-corrected chi connectivity index (χ2v) is 3.36. The average molecular weight is 200 g/mol. The molecular formula is C9H10ClNO2. The molecule has 0 saturated heterocycles. The third kappa shape index (κ3) is 1.57. The number of nitrogens with one attached hydrogen (secondary N) is 1. The van der Waals surface area contributed by atoms with Crippen LogP contribution in [0.15, 0.2) is 18.2 Å². The highest BCUT2D eigenvalue weighted by molar-refractivity contribution is 6.32. The number of benzene rings is 1. The van der Waals surface area contributed by atoms with Gasteiger partial charge in [0.2, 0.25) is 0 Å². The van der Waals surface area contributed by atoms with Crippen molar-refractivity contribution in [2.24, 2.45) is 0 Å². The molecule has 1 unspecified atom stereocenters. The van der Waals surface area contributed by atoms with E-state index in [0.29, 0.717) is 17.4 Å². The molecule has 0 radical (unpaired) electrons. The van der Waals surface area contributed by atoms with Crippen LogP contribution in [0.4, 0.5) is 5.69 Å². The van der Waals surface area contributed by atoms with Gasteiger partial charge in [0.05, 0.1) is 23.4 Å². The fourth-order valence-corrected chi connectivity index (χ4v) is 1.54. The van der Waals surface area contributed by atoms with Gasteiger partial charge in [-0.05, 0) is 12.1 Å². The standard InChI is InChI=1S/C9H10ClNO2/c10-7-2-1-3-8-9(7)13-5-6(4-12)11-8/h1-3,6,11-12H,4-5H2. The molecule has 1 aromatic rings. The number of hydrogen-bond acceptors (Lipinski definition) is 3. The Morgan fingerprint density at radius 1 is 1.62 bits per heavy atom. The van der Waals surface area contributed by atoms with Gasteiger partial charge in [0.25, 0.3) is 0 Å². The summed E-state index contributed by atoms with van der Waals surface area (Å²) in [4.78, 5) is 0. The van der Waals surface area contributed by atoms with Gasteiger partial charge in [0, 0.05) is 0 Å². The molecule has 1 atom stereocenters. The molecule has 70 valence electrons. The van der Waals surface area contributed by atoms with E-state index >= 15 is 0 Å². The lowest BCUT2D eigenvalue weighted by molar-refractivity contribution is 0.207. The number of ether oxygens (including phenoxy) is 1. The molecule has 0 fully saturated rings. The van der Waals surface area contributed by atoms with Crippen LogP contribution in [0, 0.1) is 0 Å². The van der Waals surface area contributed by atoms with Gasteiger partial charge in [-0.2, -0.15) is 0 Å². The molecular weight excluding hydrogens is 190 g/mol. The third-order valence-corrected chi connectivity index (χ3v) is 2.27. The Labute approximate surface area is 81.3 Å². The Bertz CT molecular complexity index is 316. The van der Waals surface area contributed by atoms with Crippen LogP contribution in [0.3, 0.4) is 0 Å². The number of hydrogen-bond donors (Lipinski definition) is 2. The maximum absolute atomic E-state index is 8.91. The van der Waals surface area contributed by atoms with Crippen LogP contribution >= 0.6 is 11.6 Å². The molecule has 0 spiro atoms. The van der Waals surface area contributed by atoms with Crippen molar-refractivity contribution in [3.05, 3.63) is 23.2 Å². The van der Waals surface area contributed by atoms with Crippen molar-refractivity contribution in [1.82, 2.24) is 0 Å². The first-order valence-corrected chi connectivity index (χ1v) is 4.48. The van der Waals surface area contributed by atoms with Crippen molar-refractivity contribution in [1.29, 1.82) is 0 Å². The summed E-state index contributed by atoms with van der Waals surface area (Å²) in [7, 11) is 0. The Balaban J connectivity index is 2.31. The van der Waals surface area contributed by atoms with Crippen LogP contribution in [-0.4, -0.2) is 24.4 Å². The first kappa shape index (κ1) is 8.66. The first-order valence-electron chi connectivity index (χ1n) is 4.10. The highest BCUT2D eigenvalue weighted by Crippen LogP contribution is 2.35. The summed E-state index contributed by atoms with van der Waals surface area (Å²) in [6, 6.07) is 5.47. The van der Waals surface area contributed by atoms with Crippen molar-refractivity contribution >= 4 is 17.3 Å². The van der Waals surface area contributed by atoms with Crippen LogP contribution in [0.5, 0.6) is 5.75 Å². The largest absolute Gasteiger partial charge is 0.488 e. The highest BCUT2D eigenvalue weighted by Gasteiger charge is 2.19. The molecule has 0 amide bonds. The molecule has 0 aliphatic carbocycles. The number of fused-ring (bicyclic) bond motifs is 1. The van der Waals surface area contributed by atoms with E-state index in [4.69, 9.17) is 21.4 Å². The van der Waals surface area contributed by atoms with Crippen molar-refractivity contribution in [2.45, 2.75) is 6.04 Å². The fourth-order valence-electron chi connectivity index (χ4n) is 1.31. The summed E-state index contributed by atoms with van der Waals surface area (Å²) in [6.07, 6.45) is 0. The van der Waals surface area contributed by atoms with Gasteiger partial charge in [-0.25, -0.2) is 0 Å². The Morgan fingerprint density at radius 3 is 3.23 bits per heavy atom. The minimum atomic E-state index is -0.0361. The average Bonchev–Trinajstić information content (AvgIpc) is 2.18. The lowest BCUT2D eigenvalue weighted by Gasteiger charge is -2.26. The Kier molecular flexibility index (Phi) is 2.29. The van der Waals surface area contributed by atoms with Crippen molar-refractivity contribution in [3.63, 3.8) is 0 Å². The molecule has 1 aliphatic heterocycles. The van der Waals surface area contributed by atoms with E-state index in [1.807, 2.05) is 12.1 Å². The lowest BCUT2D eigenvalue weighted by atomic mass is 10.2. The second kappa shape index (κ2) is 3.44. The Morgan fingerprint density at radius 2 is 2.46 bits per heavy atom. The predicted molar refractivity (Wildman–Crippen MR) is 51.4 cm³/mol. The topological polar surface area (TPSA) is 41.5 Å². The molecule has 13 heavy (non-hydrogen) atoms. The second-order valence-electron chi connectivity index (χ2n) is 2.95. The molecule has 2 rings (SSSR count). The van der Waals surface area contributed by atoms with Gasteiger partial charge < -0.3 is 15.2 Å². The van der Waals surface area contributed by atoms with E-state index in [-0.39, 0.29) is 12.6 Å². The van der Waals surface area contributed by atoms with Crippen molar-refractivity contribution < 1.29 is 9.84 Å². The zero-order valence-corrected chi connectivity index (χ0v) is 7.71. The van der Waals surface area contributed by atoms with E-state index in [1.165, 1.54) is 0 Å². The van der Waals surface area contributed by atoms with E-state index in [0.717, 1.165) is 5.69 Å². The maximum Gasteiger partial charge on any atom is 0.161 e. The number of para-hydroxylation sites is 1. The van der Waals surface area contributed by atoms with Crippen LogP contribution < -0.4 is 10.1 Å². The fraction of sp³-hybridized carbons (Fsp3) is 0.333. The van der Waals surface area contributed by atoms with Gasteiger partial charge in [0.15, 0.2) is 5.75 Å². The molecule has 1 aliphatic rings. The van der Waals surface area contributed by atoms with Crippen LogP contribution in [0.1, 0.15) is 0 Å². The Hall–Kier alpha value is -0.930. The highest BCUT2D eigenvalue weighted by atomic mass is 35.5. The molecule has 0 saturated carbocycles. The zero-order chi connectivity index (χ0) is 9.26. The molecule has 0 aromatic heterocycles. The van der Waals surface area contributed by atoms with Gasteiger partial charge in [-0.1, -0.05) is 17.7 Å². The van der Waals surface area contributed by atoms with E-state index < -0.39 is 0 Å². The summed E-state index contributed by atoms with van der Waals surface area (Å²) >= 11 is 5.91. The van der Waals surface area contributed by atoms with Crippen LogP contribution in [0.25, 0.3) is 0 Å². The molecule has 1 aromatic carbocycles. The molecule has 4 heteroatoms. The first-order chi connectivity index (χ1) is 6.31. The zero-order valence-electron chi connectivity index (χ0n) is 6.96. The normalized spacial score (nSPS) is 20.0. The van der Waals surface area contributed by atoms with E-state index in [9.17, 15) is 0 Å². The van der Waals surface area contributed by atoms with Gasteiger partial charge >= 0.3 is 0 Å². The molecule has 0 bridgehead atoms. The summed E-state index contributed by atoms with van der Waals surface area (Å²) in [5, 5.41) is 12.6. The van der Waals surface area contributed by atoms with Gasteiger partial charge in [-0.3, -0.25) is 0 Å². The lowest BCUT2D eigenvalue weighted by Crippen LogP contribution is -2.34. The third-order valence-electron chi connectivity index (χ3n) is 1.98. The quantitative estimate of drug-likeness (QED) is 0.721. The van der Waals surface area contributed by atoms with Gasteiger partial charge in [-0.15, -0.1) is 0 Å². The van der Waals surface area contributed by atoms with Crippen molar-refractivity contribution in [2.75, 3.05) is 18.5 Å². The smallest absolute Gasteiger partial charge is 0.161 e. The van der Waals surface area contributed by atoms with E-state index in [2.05, 4.69) is 5.32 Å². The van der Waals surface area contributed by atoms with Gasteiger partial charge in [0.1, 0.15) is 6.61 Å². The number of halogens is 1. The minimum Gasteiger partial charge on any atom is -0.488 e. The number of aliphatic hydroxyl groups is 1. The summed E-state index contributed by atoms with van der Waals surface area (Å²) in [5.74, 6) is 0.675. The number of rotatable bonds is 1. The summed E-state index contributed by atoms with van der Waals surface area (Å²) < 4.78 is 5.40. The predicted octanol–water partition coefficient (Wildman–Crippen LogP) is 1.51. The molecule has 3 nitrogen and oxygen atoms in total. The monoisotopic (exact) mass is 199 g/mol. The summed E-state index contributed by atoms with van der Waals surface area (Å²) in [6.45, 7) is 0.513. The van der Waals surface area contributed by atoms with Crippen LogP contribution in [0.2, 0.25) is 5.02 Å². The van der Waals surface area contributed by atoms with Crippen LogP contribution in [-0.2, 0) is 0 Å². The molecule has 1 heterocycles. The van der Waals surface area contributed by atoms with E-state index in [1.54, 1.807) is 6.07 Å². The summed E-state index contributed by atoms with van der Waals surface area (Å²) in [5.41, 5.74) is 0.845. The minimum absolute atomic E-state index is 0.0361. The van der Waals surface area contributed by atoms with Crippen molar-refractivity contribution in [3.8, 4) is 5.75 Å². The SMILES string of the molecule is OCC1COc2c(Cl)cccc2N1. The maximum atomic E-state index is 8.91.